The van der Waals surface area contributed by atoms with Gasteiger partial charge in [0.1, 0.15) is 0 Å². The number of aldehydes is 1. The van der Waals surface area contributed by atoms with Crippen molar-refractivity contribution in [2.75, 3.05) is 0 Å². The van der Waals surface area contributed by atoms with Crippen LogP contribution in [0, 0.1) is 0 Å². The summed E-state index contributed by atoms with van der Waals surface area (Å²) in [5.41, 5.74) is 2.61. The average Bonchev–Trinajstić information content (AvgIpc) is 2.18. The molecule has 0 atom stereocenters. The van der Waals surface area contributed by atoms with E-state index in [1.807, 2.05) is 31.2 Å². The fraction of sp³-hybridized carbons (Fsp3) is 0.0833. The van der Waals surface area contributed by atoms with Crippen LogP contribution in [-0.2, 0) is 0 Å². The highest BCUT2D eigenvalue weighted by Crippen LogP contribution is 2.16. The van der Waals surface area contributed by atoms with Gasteiger partial charge in [-0.1, -0.05) is 43.0 Å². The van der Waals surface area contributed by atoms with E-state index in [-0.39, 0.29) is 0 Å². The molecule has 0 aliphatic carbocycles. The van der Waals surface area contributed by atoms with Crippen molar-refractivity contribution in [2.45, 2.75) is 6.92 Å². The predicted molar refractivity (Wildman–Crippen MR) is 56.6 cm³/mol. The lowest BCUT2D eigenvalue weighted by atomic mass is 10.0. The molecule has 66 valence electrons. The molecule has 0 aliphatic heterocycles. The minimum absolute atomic E-state index is 0.686. The van der Waals surface area contributed by atoms with Crippen LogP contribution in [0.5, 0.6) is 0 Å². The normalized spacial score (nSPS) is 10.2. The second kappa shape index (κ2) is 4.41. The van der Waals surface area contributed by atoms with E-state index in [2.05, 4.69) is 6.58 Å². The van der Waals surface area contributed by atoms with E-state index in [4.69, 9.17) is 0 Å². The average molecular weight is 172 g/mol. The minimum atomic E-state index is 0.686. The van der Waals surface area contributed by atoms with Gasteiger partial charge in [0, 0.05) is 5.56 Å². The second-order valence-electron chi connectivity index (χ2n) is 2.67. The topological polar surface area (TPSA) is 17.1 Å². The molecule has 0 spiro atoms. The first-order valence-corrected chi connectivity index (χ1v) is 4.16. The predicted octanol–water partition coefficient (Wildman–Crippen LogP) is 3.18. The first-order valence-electron chi connectivity index (χ1n) is 4.16. The lowest BCUT2D eigenvalue weighted by Crippen LogP contribution is -1.88. The molecule has 13 heavy (non-hydrogen) atoms. The Morgan fingerprint density at radius 2 is 2.00 bits per heavy atom. The minimum Gasteiger partial charge on any atom is -0.298 e. The standard InChI is InChI=1S/C12H12O/c1-3-6-10-7-5-8-11(9-13)12(10)4-2/h3-9H,2H2,1H3/b6-3-. The molecular formula is C12H12O. The Bertz CT molecular complexity index is 348. The molecule has 0 N–H and O–H groups in total. The molecule has 1 rings (SSSR count). The summed E-state index contributed by atoms with van der Waals surface area (Å²) in [6.45, 7) is 5.63. The van der Waals surface area contributed by atoms with E-state index in [0.717, 1.165) is 17.4 Å². The zero-order valence-electron chi connectivity index (χ0n) is 7.66. The maximum atomic E-state index is 10.7. The lowest BCUT2D eigenvalue weighted by molar-refractivity contribution is 0.112. The molecule has 0 aliphatic rings. The van der Waals surface area contributed by atoms with E-state index in [1.165, 1.54) is 0 Å². The maximum absolute atomic E-state index is 10.7. The van der Waals surface area contributed by atoms with Crippen molar-refractivity contribution >= 4 is 18.4 Å². The van der Waals surface area contributed by atoms with Crippen LogP contribution in [0.25, 0.3) is 12.2 Å². The van der Waals surface area contributed by atoms with Crippen molar-refractivity contribution < 1.29 is 4.79 Å². The van der Waals surface area contributed by atoms with Gasteiger partial charge in [0.25, 0.3) is 0 Å². The molecule has 0 bridgehead atoms. The van der Waals surface area contributed by atoms with Crippen molar-refractivity contribution in [3.05, 3.63) is 47.5 Å². The summed E-state index contributed by atoms with van der Waals surface area (Å²) in [5, 5.41) is 0. The van der Waals surface area contributed by atoms with Gasteiger partial charge in [-0.05, 0) is 18.1 Å². The number of benzene rings is 1. The Labute approximate surface area is 78.4 Å². The van der Waals surface area contributed by atoms with Crippen LogP contribution in [0.15, 0.2) is 30.9 Å². The molecule has 0 radical (unpaired) electrons. The maximum Gasteiger partial charge on any atom is 0.150 e. The molecule has 1 aromatic rings. The molecular weight excluding hydrogens is 160 g/mol. The molecule has 0 unspecified atom stereocenters. The SMILES string of the molecule is C=Cc1c(C=O)cccc1/C=C\C. The third-order valence-corrected chi connectivity index (χ3v) is 1.85. The van der Waals surface area contributed by atoms with Crippen molar-refractivity contribution in [3.8, 4) is 0 Å². The summed E-state index contributed by atoms with van der Waals surface area (Å²) in [6, 6.07) is 5.62. The van der Waals surface area contributed by atoms with Gasteiger partial charge in [-0.3, -0.25) is 4.79 Å². The van der Waals surface area contributed by atoms with Gasteiger partial charge >= 0.3 is 0 Å². The number of carbonyl (C=O) groups excluding carboxylic acids is 1. The van der Waals surface area contributed by atoms with Crippen molar-refractivity contribution in [2.24, 2.45) is 0 Å². The van der Waals surface area contributed by atoms with Gasteiger partial charge in [0.15, 0.2) is 6.29 Å². The highest BCUT2D eigenvalue weighted by Gasteiger charge is 2.00. The Kier molecular flexibility index (Phi) is 3.21. The highest BCUT2D eigenvalue weighted by atomic mass is 16.1. The summed E-state index contributed by atoms with van der Waals surface area (Å²) in [4.78, 5) is 10.7. The van der Waals surface area contributed by atoms with Gasteiger partial charge in [-0.25, -0.2) is 0 Å². The fourth-order valence-corrected chi connectivity index (χ4v) is 1.27. The summed E-state index contributed by atoms with van der Waals surface area (Å²) in [7, 11) is 0. The monoisotopic (exact) mass is 172 g/mol. The van der Waals surface area contributed by atoms with Crippen LogP contribution in [0.4, 0.5) is 0 Å². The van der Waals surface area contributed by atoms with E-state index < -0.39 is 0 Å². The largest absolute Gasteiger partial charge is 0.298 e. The summed E-state index contributed by atoms with van der Waals surface area (Å²) in [5.74, 6) is 0. The Morgan fingerprint density at radius 3 is 2.54 bits per heavy atom. The number of carbonyl (C=O) groups is 1. The molecule has 0 saturated heterocycles. The van der Waals surface area contributed by atoms with Gasteiger partial charge in [0.2, 0.25) is 0 Å². The van der Waals surface area contributed by atoms with Crippen LogP contribution < -0.4 is 0 Å². The molecule has 0 amide bonds. The fourth-order valence-electron chi connectivity index (χ4n) is 1.27. The van der Waals surface area contributed by atoms with Crippen molar-refractivity contribution in [3.63, 3.8) is 0 Å². The van der Waals surface area contributed by atoms with Crippen LogP contribution in [0.2, 0.25) is 0 Å². The quantitative estimate of drug-likeness (QED) is 0.640. The van der Waals surface area contributed by atoms with Crippen LogP contribution in [0.1, 0.15) is 28.4 Å². The van der Waals surface area contributed by atoms with Gasteiger partial charge in [-0.2, -0.15) is 0 Å². The van der Waals surface area contributed by atoms with E-state index in [9.17, 15) is 4.79 Å². The van der Waals surface area contributed by atoms with Crippen molar-refractivity contribution in [1.82, 2.24) is 0 Å². The molecule has 0 saturated carbocycles. The van der Waals surface area contributed by atoms with Crippen LogP contribution >= 0.6 is 0 Å². The van der Waals surface area contributed by atoms with Crippen LogP contribution in [-0.4, -0.2) is 6.29 Å². The number of allylic oxidation sites excluding steroid dienone is 1. The highest BCUT2D eigenvalue weighted by molar-refractivity contribution is 5.84. The third-order valence-electron chi connectivity index (χ3n) is 1.85. The molecule has 0 heterocycles. The zero-order valence-corrected chi connectivity index (χ0v) is 7.66. The van der Waals surface area contributed by atoms with E-state index >= 15 is 0 Å². The van der Waals surface area contributed by atoms with Gasteiger partial charge < -0.3 is 0 Å². The van der Waals surface area contributed by atoms with Crippen molar-refractivity contribution in [1.29, 1.82) is 0 Å². The first kappa shape index (κ1) is 9.46. The number of hydrogen-bond acceptors (Lipinski definition) is 1. The summed E-state index contributed by atoms with van der Waals surface area (Å²) < 4.78 is 0. The number of rotatable bonds is 3. The molecule has 1 heteroatoms. The van der Waals surface area contributed by atoms with Crippen LogP contribution in [0.3, 0.4) is 0 Å². The number of hydrogen-bond donors (Lipinski definition) is 0. The second-order valence-corrected chi connectivity index (χ2v) is 2.67. The Balaban J connectivity index is 3.34. The Hall–Kier alpha value is -1.63. The molecule has 1 nitrogen and oxygen atoms in total. The first-order chi connectivity index (χ1) is 6.33. The zero-order chi connectivity index (χ0) is 9.68. The Morgan fingerprint density at radius 1 is 1.31 bits per heavy atom. The van der Waals surface area contributed by atoms with Gasteiger partial charge in [0.05, 0.1) is 0 Å². The molecule has 1 aromatic carbocycles. The molecule has 0 fully saturated rings. The summed E-state index contributed by atoms with van der Waals surface area (Å²) in [6.07, 6.45) is 6.46. The molecule has 0 aromatic heterocycles. The van der Waals surface area contributed by atoms with E-state index in [1.54, 1.807) is 12.1 Å². The van der Waals surface area contributed by atoms with E-state index in [0.29, 0.717) is 5.56 Å². The lowest BCUT2D eigenvalue weighted by Gasteiger charge is -2.02. The van der Waals surface area contributed by atoms with Gasteiger partial charge in [-0.15, -0.1) is 0 Å². The smallest absolute Gasteiger partial charge is 0.150 e. The summed E-state index contributed by atoms with van der Waals surface area (Å²) >= 11 is 0. The third kappa shape index (κ3) is 1.94.